The first-order chi connectivity index (χ1) is 19.5. The zero-order valence-electron chi connectivity index (χ0n) is 21.7. The van der Waals surface area contributed by atoms with Crippen molar-refractivity contribution in [3.05, 3.63) is 72.6 Å². The predicted molar refractivity (Wildman–Crippen MR) is 150 cm³/mol. The van der Waals surface area contributed by atoms with Crippen molar-refractivity contribution in [2.45, 2.75) is 56.7 Å². The van der Waals surface area contributed by atoms with Crippen LogP contribution in [0.4, 0.5) is 32.1 Å². The van der Waals surface area contributed by atoms with E-state index in [2.05, 4.69) is 41.7 Å². The van der Waals surface area contributed by atoms with Crippen LogP contribution in [0.2, 0.25) is 0 Å². The molecule has 3 aromatic heterocycles. The Morgan fingerprint density at radius 2 is 1.57 bits per heavy atom. The molecule has 3 amide bonds. The van der Waals surface area contributed by atoms with Gasteiger partial charge in [0.1, 0.15) is 5.82 Å². The molecule has 206 valence electrons. The summed E-state index contributed by atoms with van der Waals surface area (Å²) in [5.41, 5.74) is 2.28. The number of para-hydroxylation sites is 1. The van der Waals surface area contributed by atoms with E-state index in [1.165, 1.54) is 23.0 Å². The highest BCUT2D eigenvalue weighted by Crippen LogP contribution is 2.30. The minimum absolute atomic E-state index is 0.0309. The van der Waals surface area contributed by atoms with Gasteiger partial charge < -0.3 is 26.6 Å². The lowest BCUT2D eigenvalue weighted by molar-refractivity contribution is 0.102. The SMILES string of the molecule is O=C(Nc1ccccc1)N[C@H]1CC[C@H](Nc2cc(NC3CC3)c3ncc(C(=O)Nc4ccncc4F)n3n2)CC1. The summed E-state index contributed by atoms with van der Waals surface area (Å²) < 4.78 is 15.6. The van der Waals surface area contributed by atoms with Crippen LogP contribution in [-0.2, 0) is 0 Å². The molecule has 2 aliphatic carbocycles. The van der Waals surface area contributed by atoms with E-state index in [1.54, 1.807) is 0 Å². The van der Waals surface area contributed by atoms with E-state index in [0.29, 0.717) is 17.5 Å². The standard InChI is InChI=1S/C28H30FN9O2/c29-21-15-30-13-12-22(21)36-27(39)24-16-31-26-23(32-18-6-7-18)14-25(37-38(24)26)33-19-8-10-20(11-9-19)35-28(40)34-17-4-2-1-3-5-17/h1-5,12-16,18-20,32H,6-11H2,(H,33,37)(H,30,36,39)(H2,34,35,40)/t19-,20-. The van der Waals surface area contributed by atoms with Crippen molar-refractivity contribution >= 4 is 40.5 Å². The van der Waals surface area contributed by atoms with Gasteiger partial charge in [0.15, 0.2) is 17.2 Å². The third kappa shape index (κ3) is 5.95. The monoisotopic (exact) mass is 543 g/mol. The van der Waals surface area contributed by atoms with E-state index in [9.17, 15) is 14.0 Å². The van der Waals surface area contributed by atoms with Crippen molar-refractivity contribution in [3.8, 4) is 0 Å². The number of hydrogen-bond acceptors (Lipinski definition) is 7. The number of rotatable bonds is 8. The molecular weight excluding hydrogens is 513 g/mol. The van der Waals surface area contributed by atoms with Crippen LogP contribution in [-0.4, -0.2) is 49.6 Å². The van der Waals surface area contributed by atoms with Crippen LogP contribution in [0.15, 0.2) is 61.1 Å². The first-order valence-corrected chi connectivity index (χ1v) is 13.5. The fourth-order valence-electron chi connectivity index (χ4n) is 4.88. The number of benzene rings is 1. The smallest absolute Gasteiger partial charge is 0.319 e. The molecule has 2 fully saturated rings. The zero-order chi connectivity index (χ0) is 27.5. The van der Waals surface area contributed by atoms with Crippen molar-refractivity contribution < 1.29 is 14.0 Å². The van der Waals surface area contributed by atoms with Crippen molar-refractivity contribution in [2.24, 2.45) is 0 Å². The molecule has 0 saturated heterocycles. The maximum atomic E-state index is 14.1. The third-order valence-corrected chi connectivity index (χ3v) is 7.10. The summed E-state index contributed by atoms with van der Waals surface area (Å²) in [7, 11) is 0. The number of halogens is 1. The van der Waals surface area contributed by atoms with Crippen LogP contribution in [0.5, 0.6) is 0 Å². The van der Waals surface area contributed by atoms with Gasteiger partial charge in [-0.2, -0.15) is 0 Å². The minimum atomic E-state index is -0.626. The molecule has 5 N–H and O–H groups in total. The molecule has 0 radical (unpaired) electrons. The van der Waals surface area contributed by atoms with Gasteiger partial charge >= 0.3 is 6.03 Å². The number of nitrogens with zero attached hydrogens (tertiary/aromatic N) is 4. The Bertz CT molecular complexity index is 1520. The topological polar surface area (TPSA) is 137 Å². The Morgan fingerprint density at radius 3 is 2.33 bits per heavy atom. The molecule has 0 atom stereocenters. The van der Waals surface area contributed by atoms with Crippen molar-refractivity contribution in [1.29, 1.82) is 0 Å². The molecule has 6 rings (SSSR count). The summed E-state index contributed by atoms with van der Waals surface area (Å²) in [6.07, 6.45) is 9.38. The average molecular weight is 544 g/mol. The molecule has 0 unspecified atom stereocenters. The predicted octanol–water partition coefficient (Wildman–Crippen LogP) is 4.63. The largest absolute Gasteiger partial charge is 0.379 e. The van der Waals surface area contributed by atoms with Crippen LogP contribution < -0.4 is 26.6 Å². The lowest BCUT2D eigenvalue weighted by atomic mass is 9.91. The van der Waals surface area contributed by atoms with Gasteiger partial charge in [0.2, 0.25) is 0 Å². The number of hydrogen-bond donors (Lipinski definition) is 5. The highest BCUT2D eigenvalue weighted by molar-refractivity contribution is 6.03. The van der Waals surface area contributed by atoms with Gasteiger partial charge in [0, 0.05) is 36.1 Å². The Balaban J connectivity index is 1.13. The van der Waals surface area contributed by atoms with Gasteiger partial charge in [0.05, 0.1) is 23.8 Å². The Kier molecular flexibility index (Phi) is 7.13. The number of pyridine rings is 1. The molecule has 1 aromatic carbocycles. The Morgan fingerprint density at radius 1 is 0.850 bits per heavy atom. The van der Waals surface area contributed by atoms with Crippen LogP contribution in [0.3, 0.4) is 0 Å². The minimum Gasteiger partial charge on any atom is -0.379 e. The lowest BCUT2D eigenvalue weighted by Crippen LogP contribution is -2.42. The quantitative estimate of drug-likeness (QED) is 0.218. The molecule has 0 aliphatic heterocycles. The maximum absolute atomic E-state index is 14.1. The molecule has 0 spiro atoms. The summed E-state index contributed by atoms with van der Waals surface area (Å²) >= 11 is 0. The summed E-state index contributed by atoms with van der Waals surface area (Å²) in [5.74, 6) is -0.547. The van der Waals surface area contributed by atoms with Gasteiger partial charge in [-0.05, 0) is 56.7 Å². The summed E-state index contributed by atoms with van der Waals surface area (Å²) in [6.45, 7) is 0. The van der Waals surface area contributed by atoms with E-state index >= 15 is 0 Å². The van der Waals surface area contributed by atoms with E-state index < -0.39 is 11.7 Å². The second-order valence-electron chi connectivity index (χ2n) is 10.2. The molecule has 40 heavy (non-hydrogen) atoms. The van der Waals surface area contributed by atoms with Crippen molar-refractivity contribution in [2.75, 3.05) is 21.3 Å². The number of amides is 3. The summed E-state index contributed by atoms with van der Waals surface area (Å²) in [6, 6.07) is 13.1. The number of nitrogens with one attached hydrogen (secondary N) is 5. The Labute approximate surface area is 230 Å². The first-order valence-electron chi connectivity index (χ1n) is 13.5. The second kappa shape index (κ2) is 11.2. The number of carbonyl (C=O) groups excluding carboxylic acids is 2. The molecule has 2 saturated carbocycles. The second-order valence-corrected chi connectivity index (χ2v) is 10.2. The van der Waals surface area contributed by atoms with E-state index in [4.69, 9.17) is 0 Å². The fourth-order valence-corrected chi connectivity index (χ4v) is 4.88. The highest BCUT2D eigenvalue weighted by Gasteiger charge is 2.26. The average Bonchev–Trinajstić information content (AvgIpc) is 3.66. The van der Waals surface area contributed by atoms with Gasteiger partial charge in [-0.15, -0.1) is 5.10 Å². The Hall–Kier alpha value is -4.74. The number of anilines is 4. The zero-order valence-corrected chi connectivity index (χ0v) is 21.7. The number of carbonyl (C=O) groups is 2. The lowest BCUT2D eigenvalue weighted by Gasteiger charge is -2.30. The fraction of sp³-hybridized carbons (Fsp3) is 0.321. The number of imidazole rings is 1. The molecule has 12 heteroatoms. The number of aromatic nitrogens is 4. The van der Waals surface area contributed by atoms with Gasteiger partial charge in [-0.3, -0.25) is 9.78 Å². The molecule has 11 nitrogen and oxygen atoms in total. The van der Waals surface area contributed by atoms with E-state index in [1.807, 2.05) is 36.4 Å². The molecular formula is C28H30FN9O2. The van der Waals surface area contributed by atoms with Crippen LogP contribution >= 0.6 is 0 Å². The highest BCUT2D eigenvalue weighted by atomic mass is 19.1. The maximum Gasteiger partial charge on any atom is 0.319 e. The van der Waals surface area contributed by atoms with Gasteiger partial charge in [0.25, 0.3) is 5.91 Å². The third-order valence-electron chi connectivity index (χ3n) is 7.10. The number of urea groups is 1. The van der Waals surface area contributed by atoms with Crippen LogP contribution in [0, 0.1) is 5.82 Å². The summed E-state index contributed by atoms with van der Waals surface area (Å²) in [4.78, 5) is 33.6. The molecule has 0 bridgehead atoms. The van der Waals surface area contributed by atoms with Gasteiger partial charge in [-0.1, -0.05) is 18.2 Å². The van der Waals surface area contributed by atoms with Crippen LogP contribution in [0.25, 0.3) is 5.65 Å². The van der Waals surface area contributed by atoms with Gasteiger partial charge in [-0.25, -0.2) is 18.7 Å². The van der Waals surface area contributed by atoms with Crippen LogP contribution in [0.1, 0.15) is 49.0 Å². The summed E-state index contributed by atoms with van der Waals surface area (Å²) in [5, 5.41) is 20.2. The van der Waals surface area contributed by atoms with Crippen molar-refractivity contribution in [1.82, 2.24) is 24.9 Å². The van der Waals surface area contributed by atoms with E-state index in [0.717, 1.165) is 56.1 Å². The molecule has 4 aromatic rings. The first kappa shape index (κ1) is 25.5. The normalized spacial score (nSPS) is 18.6. The van der Waals surface area contributed by atoms with Crippen molar-refractivity contribution in [3.63, 3.8) is 0 Å². The molecule has 2 aliphatic rings. The van der Waals surface area contributed by atoms with E-state index in [-0.39, 0.29) is 29.5 Å². The number of fused-ring (bicyclic) bond motifs is 1. The molecule has 3 heterocycles.